The smallest absolute Gasteiger partial charge is 0.336 e. The highest BCUT2D eigenvalue weighted by atomic mass is 16.4. The van der Waals surface area contributed by atoms with Crippen LogP contribution in [0.5, 0.6) is 0 Å². The predicted octanol–water partition coefficient (Wildman–Crippen LogP) is 2.57. The van der Waals surface area contributed by atoms with Gasteiger partial charge in [-0.3, -0.25) is 4.68 Å². The second-order valence-corrected chi connectivity index (χ2v) is 8.15. The molecule has 1 unspecified atom stereocenters. The zero-order valence-corrected chi connectivity index (χ0v) is 15.6. The molecule has 2 N–H and O–H groups in total. The lowest BCUT2D eigenvalue weighted by molar-refractivity contribution is 0.0698. The van der Waals surface area contributed by atoms with Crippen molar-refractivity contribution >= 4 is 16.9 Å². The molecule has 0 saturated carbocycles. The van der Waals surface area contributed by atoms with Gasteiger partial charge >= 0.3 is 5.97 Å². The summed E-state index contributed by atoms with van der Waals surface area (Å²) in [6.07, 6.45) is 2.53. The van der Waals surface area contributed by atoms with Crippen LogP contribution in [0.4, 0.5) is 0 Å². The molecule has 0 radical (unpaired) electrons. The first-order valence-corrected chi connectivity index (χ1v) is 9.70. The molecule has 140 valence electrons. The Bertz CT molecular complexity index is 805. The maximum atomic E-state index is 11.7. The number of aromatic nitrogens is 2. The number of rotatable bonds is 6. The fourth-order valence-corrected chi connectivity index (χ4v) is 4.52. The van der Waals surface area contributed by atoms with E-state index < -0.39 is 5.97 Å². The van der Waals surface area contributed by atoms with Crippen LogP contribution in [0.15, 0.2) is 18.2 Å². The number of carboxylic acid groups (broad SMARTS) is 1. The lowest BCUT2D eigenvalue weighted by Crippen LogP contribution is -2.55. The van der Waals surface area contributed by atoms with E-state index in [4.69, 9.17) is 5.10 Å². The number of fused-ring (bicyclic) bond motifs is 4. The van der Waals surface area contributed by atoms with Gasteiger partial charge in [0.1, 0.15) is 0 Å². The zero-order chi connectivity index (χ0) is 18.3. The van der Waals surface area contributed by atoms with Crippen molar-refractivity contribution < 1.29 is 9.90 Å². The van der Waals surface area contributed by atoms with E-state index >= 15 is 0 Å². The van der Waals surface area contributed by atoms with Crippen LogP contribution < -0.4 is 5.32 Å². The number of nitrogens with one attached hydrogen (secondary N) is 1. The summed E-state index contributed by atoms with van der Waals surface area (Å²) >= 11 is 0. The van der Waals surface area contributed by atoms with E-state index in [1.54, 1.807) is 6.07 Å². The molecule has 3 aliphatic rings. The van der Waals surface area contributed by atoms with E-state index in [1.165, 1.54) is 25.9 Å². The van der Waals surface area contributed by atoms with E-state index in [-0.39, 0.29) is 0 Å². The van der Waals surface area contributed by atoms with Crippen LogP contribution in [-0.2, 0) is 13.1 Å². The average Bonchev–Trinajstić information content (AvgIpc) is 2.98. The van der Waals surface area contributed by atoms with Gasteiger partial charge in [-0.2, -0.15) is 5.10 Å². The van der Waals surface area contributed by atoms with Crippen LogP contribution in [0.1, 0.15) is 42.7 Å². The molecule has 26 heavy (non-hydrogen) atoms. The summed E-state index contributed by atoms with van der Waals surface area (Å²) in [4.78, 5) is 14.3. The summed E-state index contributed by atoms with van der Waals surface area (Å²) in [5.74, 6) is 0.306. The van der Waals surface area contributed by atoms with Crippen molar-refractivity contribution in [3.63, 3.8) is 0 Å². The first-order chi connectivity index (χ1) is 12.5. The number of hydrogen-bond acceptors (Lipinski definition) is 4. The highest BCUT2D eigenvalue weighted by molar-refractivity contribution is 6.03. The second-order valence-electron chi connectivity index (χ2n) is 8.15. The van der Waals surface area contributed by atoms with Crippen molar-refractivity contribution in [2.24, 2.45) is 11.8 Å². The summed E-state index contributed by atoms with van der Waals surface area (Å²) in [6, 6.07) is 5.97. The number of piperidine rings is 3. The lowest BCUT2D eigenvalue weighted by Gasteiger charge is -2.45. The molecule has 5 rings (SSSR count). The number of hydrogen-bond donors (Lipinski definition) is 2. The van der Waals surface area contributed by atoms with E-state index in [0.717, 1.165) is 35.6 Å². The number of aromatic carboxylic acids is 1. The third kappa shape index (κ3) is 3.23. The standard InChI is InChI=1S/C20H28N4O2/c1-13(2)11-24-18-5-3-4-15(20(25)26)19(18)16(22-24)10-21-17-12-23-8-6-14(17)7-9-23/h3-5,13-14,17,21H,6-12H2,1-2H3,(H,25,26). The van der Waals surface area contributed by atoms with Crippen LogP contribution >= 0.6 is 0 Å². The van der Waals surface area contributed by atoms with Crippen LogP contribution in [0.3, 0.4) is 0 Å². The molecular weight excluding hydrogens is 328 g/mol. The van der Waals surface area contributed by atoms with Gasteiger partial charge in [-0.25, -0.2) is 4.79 Å². The minimum absolute atomic E-state index is 0.350. The average molecular weight is 356 g/mol. The van der Waals surface area contributed by atoms with E-state index in [2.05, 4.69) is 24.1 Å². The van der Waals surface area contributed by atoms with Crippen molar-refractivity contribution in [3.05, 3.63) is 29.5 Å². The molecule has 0 amide bonds. The molecule has 0 aliphatic carbocycles. The minimum atomic E-state index is -0.885. The van der Waals surface area contributed by atoms with Crippen molar-refractivity contribution in [1.82, 2.24) is 20.0 Å². The quantitative estimate of drug-likeness (QED) is 0.832. The molecule has 0 spiro atoms. The molecule has 3 aliphatic heterocycles. The van der Waals surface area contributed by atoms with Gasteiger partial charge in [-0.15, -0.1) is 0 Å². The van der Waals surface area contributed by atoms with E-state index in [9.17, 15) is 9.90 Å². The summed E-state index contributed by atoms with van der Waals surface area (Å²) in [7, 11) is 0. The van der Waals surface area contributed by atoms with Gasteiger partial charge in [0, 0.05) is 31.1 Å². The van der Waals surface area contributed by atoms with Gasteiger partial charge in [-0.05, 0) is 49.9 Å². The highest BCUT2D eigenvalue weighted by Crippen LogP contribution is 2.29. The normalized spacial score (nSPS) is 25.3. The molecule has 2 aromatic rings. The topological polar surface area (TPSA) is 70.4 Å². The maximum Gasteiger partial charge on any atom is 0.336 e. The SMILES string of the molecule is CC(C)Cn1nc(CNC2CN3CCC2CC3)c2c(C(=O)O)cccc21. The van der Waals surface area contributed by atoms with Gasteiger partial charge in [0.25, 0.3) is 0 Å². The third-order valence-corrected chi connectivity index (χ3v) is 5.81. The first kappa shape index (κ1) is 17.5. The molecule has 1 aromatic carbocycles. The van der Waals surface area contributed by atoms with Crippen LogP contribution in [0.2, 0.25) is 0 Å². The van der Waals surface area contributed by atoms with E-state index in [0.29, 0.717) is 24.1 Å². The monoisotopic (exact) mass is 356 g/mol. The van der Waals surface area contributed by atoms with Gasteiger partial charge in [-0.1, -0.05) is 19.9 Å². The van der Waals surface area contributed by atoms with Crippen LogP contribution in [-0.4, -0.2) is 51.4 Å². The van der Waals surface area contributed by atoms with Gasteiger partial charge in [0.05, 0.1) is 16.8 Å². The molecular formula is C20H28N4O2. The third-order valence-electron chi connectivity index (χ3n) is 5.81. The molecule has 3 saturated heterocycles. The Balaban J connectivity index is 1.64. The Morgan fingerprint density at radius 3 is 2.73 bits per heavy atom. The van der Waals surface area contributed by atoms with Crippen molar-refractivity contribution in [2.75, 3.05) is 19.6 Å². The van der Waals surface area contributed by atoms with Crippen LogP contribution in [0.25, 0.3) is 10.9 Å². The van der Waals surface area contributed by atoms with Crippen LogP contribution in [0, 0.1) is 11.8 Å². The molecule has 2 bridgehead atoms. The predicted molar refractivity (Wildman–Crippen MR) is 101 cm³/mol. The molecule has 1 aromatic heterocycles. The fourth-order valence-electron chi connectivity index (χ4n) is 4.52. The van der Waals surface area contributed by atoms with Gasteiger partial charge in [0.15, 0.2) is 0 Å². The Labute approximate surface area is 154 Å². The first-order valence-electron chi connectivity index (χ1n) is 9.70. The Hall–Kier alpha value is -1.92. The summed E-state index contributed by atoms with van der Waals surface area (Å²) < 4.78 is 1.97. The largest absolute Gasteiger partial charge is 0.478 e. The molecule has 6 heteroatoms. The highest BCUT2D eigenvalue weighted by Gasteiger charge is 2.34. The van der Waals surface area contributed by atoms with Gasteiger partial charge < -0.3 is 15.3 Å². The molecule has 4 heterocycles. The fraction of sp³-hybridized carbons (Fsp3) is 0.600. The number of carbonyl (C=O) groups is 1. The molecule has 3 fully saturated rings. The second kappa shape index (κ2) is 7.00. The molecule has 1 atom stereocenters. The number of benzene rings is 1. The van der Waals surface area contributed by atoms with Gasteiger partial charge in [0.2, 0.25) is 0 Å². The Morgan fingerprint density at radius 2 is 2.12 bits per heavy atom. The molecule has 6 nitrogen and oxygen atoms in total. The minimum Gasteiger partial charge on any atom is -0.478 e. The summed E-state index contributed by atoms with van der Waals surface area (Å²) in [5.41, 5.74) is 2.13. The number of nitrogens with zero attached hydrogens (tertiary/aromatic N) is 3. The summed E-state index contributed by atoms with van der Waals surface area (Å²) in [5, 5.41) is 18.9. The lowest BCUT2D eigenvalue weighted by atomic mass is 9.84. The van der Waals surface area contributed by atoms with Crippen molar-refractivity contribution in [1.29, 1.82) is 0 Å². The van der Waals surface area contributed by atoms with Crippen molar-refractivity contribution in [3.8, 4) is 0 Å². The Kier molecular flexibility index (Phi) is 4.71. The summed E-state index contributed by atoms with van der Waals surface area (Å²) in [6.45, 7) is 9.26. The maximum absolute atomic E-state index is 11.7. The number of carboxylic acids is 1. The zero-order valence-electron chi connectivity index (χ0n) is 15.6. The van der Waals surface area contributed by atoms with E-state index in [1.807, 2.05) is 16.8 Å². The van der Waals surface area contributed by atoms with Crippen molar-refractivity contribution in [2.45, 2.75) is 45.8 Å². The Morgan fingerprint density at radius 1 is 1.35 bits per heavy atom.